The summed E-state index contributed by atoms with van der Waals surface area (Å²) in [5, 5.41) is 8.21. The fourth-order valence-corrected chi connectivity index (χ4v) is 3.61. The SMILES string of the molecule is Nc1ncccc1C(=O)N1CCC(c2cc(CCOc3ccc(Cl)cc3)[nH]n2)C1. The molecule has 1 aromatic carbocycles. The Morgan fingerprint density at radius 2 is 2.14 bits per heavy atom. The lowest BCUT2D eigenvalue weighted by Crippen LogP contribution is -2.29. The molecule has 0 bridgehead atoms. The van der Waals surface area contributed by atoms with E-state index in [2.05, 4.69) is 21.2 Å². The van der Waals surface area contributed by atoms with Gasteiger partial charge in [0.1, 0.15) is 11.6 Å². The molecule has 1 aliphatic rings. The number of pyridine rings is 1. The summed E-state index contributed by atoms with van der Waals surface area (Å²) in [4.78, 5) is 18.5. The molecule has 3 N–H and O–H groups in total. The molecule has 0 radical (unpaired) electrons. The minimum atomic E-state index is -0.0785. The normalized spacial score (nSPS) is 16.2. The molecule has 0 spiro atoms. The number of halogens is 1. The summed E-state index contributed by atoms with van der Waals surface area (Å²) in [6.07, 6.45) is 3.18. The molecule has 3 heterocycles. The van der Waals surface area contributed by atoms with Crippen molar-refractivity contribution < 1.29 is 9.53 Å². The highest BCUT2D eigenvalue weighted by molar-refractivity contribution is 6.30. The largest absolute Gasteiger partial charge is 0.493 e. The Hall–Kier alpha value is -3.06. The van der Waals surface area contributed by atoms with E-state index in [0.29, 0.717) is 30.3 Å². The van der Waals surface area contributed by atoms with E-state index < -0.39 is 0 Å². The van der Waals surface area contributed by atoms with Crippen molar-refractivity contribution in [3.63, 3.8) is 0 Å². The number of carbonyl (C=O) groups is 1. The molecule has 1 unspecified atom stereocenters. The Labute approximate surface area is 173 Å². The highest BCUT2D eigenvalue weighted by Crippen LogP contribution is 2.28. The number of hydrogen-bond acceptors (Lipinski definition) is 5. The van der Waals surface area contributed by atoms with Gasteiger partial charge in [-0.15, -0.1) is 0 Å². The van der Waals surface area contributed by atoms with Gasteiger partial charge in [0.25, 0.3) is 5.91 Å². The maximum atomic E-state index is 12.7. The molecule has 1 fully saturated rings. The predicted molar refractivity (Wildman–Crippen MR) is 111 cm³/mol. The summed E-state index contributed by atoms with van der Waals surface area (Å²) in [6, 6.07) is 12.8. The second kappa shape index (κ2) is 8.53. The summed E-state index contributed by atoms with van der Waals surface area (Å²) < 4.78 is 5.73. The van der Waals surface area contributed by atoms with Gasteiger partial charge in [0, 0.05) is 42.3 Å². The Kier molecular flexibility index (Phi) is 5.67. The van der Waals surface area contributed by atoms with Crippen LogP contribution in [0, 0.1) is 0 Å². The summed E-state index contributed by atoms with van der Waals surface area (Å²) in [5.41, 5.74) is 8.28. The molecule has 0 saturated carbocycles. The van der Waals surface area contributed by atoms with Crippen molar-refractivity contribution in [1.29, 1.82) is 0 Å². The van der Waals surface area contributed by atoms with Crippen molar-refractivity contribution in [2.45, 2.75) is 18.8 Å². The van der Waals surface area contributed by atoms with Gasteiger partial charge < -0.3 is 15.4 Å². The molecule has 1 amide bonds. The molecule has 2 aromatic heterocycles. The van der Waals surface area contributed by atoms with Crippen LogP contribution < -0.4 is 10.5 Å². The van der Waals surface area contributed by atoms with Gasteiger partial charge in [-0.3, -0.25) is 9.89 Å². The lowest BCUT2D eigenvalue weighted by Gasteiger charge is -2.16. The standard InChI is InChI=1S/C21H22ClN5O2/c22-15-3-5-17(6-4-15)29-11-8-16-12-19(26-25-16)14-7-10-27(13-14)21(28)18-2-1-9-24-20(18)23/h1-6,9,12,14H,7-8,10-11,13H2,(H2,23,24)(H,25,26). The second-order valence-corrected chi connectivity index (χ2v) is 7.48. The Morgan fingerprint density at radius 3 is 2.93 bits per heavy atom. The van der Waals surface area contributed by atoms with E-state index in [1.807, 2.05) is 17.0 Å². The number of anilines is 1. The fourth-order valence-electron chi connectivity index (χ4n) is 3.48. The van der Waals surface area contributed by atoms with Gasteiger partial charge in [-0.1, -0.05) is 11.6 Å². The average Bonchev–Trinajstić information content (AvgIpc) is 3.39. The molecule has 29 heavy (non-hydrogen) atoms. The predicted octanol–water partition coefficient (Wildman–Crippen LogP) is 3.29. The van der Waals surface area contributed by atoms with Crippen molar-refractivity contribution in [1.82, 2.24) is 20.1 Å². The number of nitrogens with two attached hydrogens (primary N) is 1. The van der Waals surface area contributed by atoms with Crippen molar-refractivity contribution in [2.75, 3.05) is 25.4 Å². The number of ether oxygens (including phenoxy) is 1. The maximum absolute atomic E-state index is 12.7. The van der Waals surface area contributed by atoms with Crippen LogP contribution in [0.2, 0.25) is 5.02 Å². The van der Waals surface area contributed by atoms with Crippen molar-refractivity contribution in [3.8, 4) is 5.75 Å². The highest BCUT2D eigenvalue weighted by atomic mass is 35.5. The maximum Gasteiger partial charge on any atom is 0.257 e. The number of nitrogens with zero attached hydrogens (tertiary/aromatic N) is 3. The number of aromatic nitrogens is 3. The molecular weight excluding hydrogens is 390 g/mol. The quantitative estimate of drug-likeness (QED) is 0.648. The molecular formula is C21H22ClN5O2. The van der Waals surface area contributed by atoms with Crippen LogP contribution in [0.5, 0.6) is 5.75 Å². The van der Waals surface area contributed by atoms with Crippen LogP contribution in [0.1, 0.15) is 34.1 Å². The van der Waals surface area contributed by atoms with E-state index >= 15 is 0 Å². The number of rotatable bonds is 6. The van der Waals surface area contributed by atoms with Gasteiger partial charge in [0.05, 0.1) is 17.9 Å². The highest BCUT2D eigenvalue weighted by Gasteiger charge is 2.30. The Balaban J connectivity index is 1.31. The average molecular weight is 412 g/mol. The van der Waals surface area contributed by atoms with Crippen LogP contribution in [0.3, 0.4) is 0 Å². The van der Waals surface area contributed by atoms with E-state index in [1.165, 1.54) is 0 Å². The smallest absolute Gasteiger partial charge is 0.257 e. The van der Waals surface area contributed by atoms with Crippen LogP contribution in [0.4, 0.5) is 5.82 Å². The summed E-state index contributed by atoms with van der Waals surface area (Å²) >= 11 is 5.88. The molecule has 8 heteroatoms. The molecule has 1 aliphatic heterocycles. The van der Waals surface area contributed by atoms with Crippen LogP contribution in [-0.2, 0) is 6.42 Å². The zero-order valence-corrected chi connectivity index (χ0v) is 16.6. The van der Waals surface area contributed by atoms with E-state index in [1.54, 1.807) is 30.5 Å². The summed E-state index contributed by atoms with van der Waals surface area (Å²) in [7, 11) is 0. The van der Waals surface area contributed by atoms with Crippen LogP contribution >= 0.6 is 11.6 Å². The number of aromatic amines is 1. The van der Waals surface area contributed by atoms with E-state index in [-0.39, 0.29) is 17.6 Å². The van der Waals surface area contributed by atoms with E-state index in [0.717, 1.165) is 30.0 Å². The number of hydrogen-bond donors (Lipinski definition) is 2. The van der Waals surface area contributed by atoms with Gasteiger partial charge in [-0.2, -0.15) is 5.10 Å². The molecule has 1 saturated heterocycles. The summed E-state index contributed by atoms with van der Waals surface area (Å²) in [6.45, 7) is 1.84. The zero-order chi connectivity index (χ0) is 20.2. The van der Waals surface area contributed by atoms with Gasteiger partial charge in [0.2, 0.25) is 0 Å². The second-order valence-electron chi connectivity index (χ2n) is 7.04. The number of nitrogens with one attached hydrogen (secondary N) is 1. The molecule has 1 atom stereocenters. The first-order valence-electron chi connectivity index (χ1n) is 9.52. The fraction of sp³-hybridized carbons (Fsp3) is 0.286. The van der Waals surface area contributed by atoms with Gasteiger partial charge >= 0.3 is 0 Å². The van der Waals surface area contributed by atoms with Gasteiger partial charge in [0.15, 0.2) is 0 Å². The number of likely N-dealkylation sites (tertiary alicyclic amines) is 1. The van der Waals surface area contributed by atoms with E-state index in [9.17, 15) is 4.79 Å². The third-order valence-electron chi connectivity index (χ3n) is 5.07. The minimum absolute atomic E-state index is 0.0785. The van der Waals surface area contributed by atoms with E-state index in [4.69, 9.17) is 22.1 Å². The lowest BCUT2D eigenvalue weighted by atomic mass is 10.0. The number of nitrogen functional groups attached to an aromatic ring is 1. The van der Waals surface area contributed by atoms with Crippen molar-refractivity contribution >= 4 is 23.3 Å². The van der Waals surface area contributed by atoms with Gasteiger partial charge in [-0.25, -0.2) is 4.98 Å². The topological polar surface area (TPSA) is 97.1 Å². The number of carbonyl (C=O) groups excluding carboxylic acids is 1. The van der Waals surface area contributed by atoms with Crippen LogP contribution in [-0.4, -0.2) is 45.7 Å². The Morgan fingerprint density at radius 1 is 1.31 bits per heavy atom. The van der Waals surface area contributed by atoms with Crippen molar-refractivity contribution in [3.05, 3.63) is 70.6 Å². The number of amides is 1. The molecule has 150 valence electrons. The monoisotopic (exact) mass is 411 g/mol. The molecule has 7 nitrogen and oxygen atoms in total. The van der Waals surface area contributed by atoms with Crippen LogP contribution in [0.25, 0.3) is 0 Å². The third-order valence-corrected chi connectivity index (χ3v) is 5.32. The van der Waals surface area contributed by atoms with Crippen LogP contribution in [0.15, 0.2) is 48.7 Å². The molecule has 4 rings (SSSR count). The number of H-pyrrole nitrogens is 1. The molecule has 3 aromatic rings. The first kappa shape index (κ1) is 19.3. The zero-order valence-electron chi connectivity index (χ0n) is 15.8. The third kappa shape index (κ3) is 4.51. The summed E-state index contributed by atoms with van der Waals surface area (Å²) in [5.74, 6) is 1.18. The molecule has 0 aliphatic carbocycles. The van der Waals surface area contributed by atoms with Crippen molar-refractivity contribution in [2.24, 2.45) is 0 Å². The lowest BCUT2D eigenvalue weighted by molar-refractivity contribution is 0.0791. The Bertz CT molecular complexity index is 989. The van der Waals surface area contributed by atoms with Gasteiger partial charge in [-0.05, 0) is 48.9 Å². The number of benzene rings is 1. The minimum Gasteiger partial charge on any atom is -0.493 e. The first-order chi connectivity index (χ1) is 14.1. The first-order valence-corrected chi connectivity index (χ1v) is 9.90.